The van der Waals surface area contributed by atoms with Crippen molar-refractivity contribution in [1.29, 1.82) is 0 Å². The fourth-order valence-corrected chi connectivity index (χ4v) is 6.06. The summed E-state index contributed by atoms with van der Waals surface area (Å²) in [6.07, 6.45) is 6.90. The minimum Gasteiger partial charge on any atom is -0.381 e. The highest BCUT2D eigenvalue weighted by molar-refractivity contribution is 8.00. The maximum Gasteiger partial charge on any atom is 0.0480 e. The summed E-state index contributed by atoms with van der Waals surface area (Å²) in [6.45, 7) is 4.79. The Morgan fingerprint density at radius 2 is 1.95 bits per heavy atom. The Bertz CT molecular complexity index is 466. The van der Waals surface area contributed by atoms with Gasteiger partial charge in [0, 0.05) is 27.6 Å². The molecule has 0 aromatic heterocycles. The average molecular weight is 322 g/mol. The second kappa shape index (κ2) is 6.87. The van der Waals surface area contributed by atoms with Gasteiger partial charge in [-0.25, -0.2) is 0 Å². The van der Waals surface area contributed by atoms with E-state index in [0.29, 0.717) is 11.5 Å². The quantitative estimate of drug-likeness (QED) is 0.768. The van der Waals surface area contributed by atoms with Gasteiger partial charge in [0.2, 0.25) is 0 Å². The van der Waals surface area contributed by atoms with Crippen molar-refractivity contribution in [3.63, 3.8) is 0 Å². The third-order valence-electron chi connectivity index (χ3n) is 4.45. The zero-order valence-corrected chi connectivity index (χ0v) is 14.9. The highest BCUT2D eigenvalue weighted by Gasteiger charge is 2.28. The van der Waals surface area contributed by atoms with Crippen LogP contribution in [0.4, 0.5) is 5.69 Å². The molecule has 0 amide bonds. The van der Waals surface area contributed by atoms with E-state index in [0.717, 1.165) is 5.25 Å². The molecule has 0 radical (unpaired) electrons. The van der Waals surface area contributed by atoms with Crippen molar-refractivity contribution in [2.75, 3.05) is 16.8 Å². The number of anilines is 1. The smallest absolute Gasteiger partial charge is 0.0480 e. The molecular formula is C18H27NS2. The van der Waals surface area contributed by atoms with Crippen LogP contribution < -0.4 is 5.32 Å². The Hall–Kier alpha value is -0.280. The van der Waals surface area contributed by atoms with Crippen LogP contribution in [0, 0.1) is 5.41 Å². The van der Waals surface area contributed by atoms with E-state index in [1.54, 1.807) is 0 Å². The maximum atomic E-state index is 3.84. The molecule has 1 aromatic rings. The zero-order chi connectivity index (χ0) is 14.7. The van der Waals surface area contributed by atoms with Gasteiger partial charge >= 0.3 is 0 Å². The summed E-state index contributed by atoms with van der Waals surface area (Å²) in [7, 11) is 0. The topological polar surface area (TPSA) is 12.0 Å². The Labute approximate surface area is 138 Å². The first-order valence-electron chi connectivity index (χ1n) is 8.22. The second-order valence-corrected chi connectivity index (χ2v) is 9.62. The van der Waals surface area contributed by atoms with Crippen LogP contribution in [0.3, 0.4) is 0 Å². The van der Waals surface area contributed by atoms with Gasteiger partial charge < -0.3 is 5.32 Å². The monoisotopic (exact) mass is 321 g/mol. The Morgan fingerprint density at radius 3 is 2.71 bits per heavy atom. The van der Waals surface area contributed by atoms with Gasteiger partial charge in [-0.15, -0.1) is 11.8 Å². The molecule has 1 saturated heterocycles. The van der Waals surface area contributed by atoms with Gasteiger partial charge in [0.25, 0.3) is 0 Å². The molecule has 1 aromatic carbocycles. The average Bonchev–Trinajstić information content (AvgIpc) is 2.93. The van der Waals surface area contributed by atoms with Gasteiger partial charge in [0.15, 0.2) is 0 Å². The van der Waals surface area contributed by atoms with Crippen molar-refractivity contribution in [3.05, 3.63) is 24.3 Å². The first-order valence-corrected chi connectivity index (χ1v) is 10.3. The van der Waals surface area contributed by atoms with E-state index in [9.17, 15) is 0 Å². The number of para-hydroxylation sites is 1. The molecule has 1 saturated carbocycles. The van der Waals surface area contributed by atoms with E-state index in [1.165, 1.54) is 54.2 Å². The molecule has 2 aliphatic rings. The minimum absolute atomic E-state index is 0.466. The van der Waals surface area contributed by atoms with Crippen LogP contribution in [0.5, 0.6) is 0 Å². The molecule has 116 valence electrons. The molecule has 1 N–H and O–H groups in total. The maximum absolute atomic E-state index is 3.84. The van der Waals surface area contributed by atoms with Crippen molar-refractivity contribution >= 4 is 29.2 Å². The SMILES string of the molecule is CC1(C)CSCC(Nc2ccccc2SC2CCCC2)C1. The summed E-state index contributed by atoms with van der Waals surface area (Å²) in [5, 5.41) is 4.68. The molecule has 1 nitrogen and oxygen atoms in total. The number of hydrogen-bond donors (Lipinski definition) is 1. The predicted octanol–water partition coefficient (Wildman–Crippen LogP) is 5.66. The van der Waals surface area contributed by atoms with Gasteiger partial charge in [-0.2, -0.15) is 11.8 Å². The lowest BCUT2D eigenvalue weighted by atomic mass is 9.88. The van der Waals surface area contributed by atoms with Crippen LogP contribution in [0.2, 0.25) is 0 Å². The molecule has 21 heavy (non-hydrogen) atoms. The van der Waals surface area contributed by atoms with Crippen LogP contribution >= 0.6 is 23.5 Å². The van der Waals surface area contributed by atoms with E-state index >= 15 is 0 Å². The largest absolute Gasteiger partial charge is 0.381 e. The van der Waals surface area contributed by atoms with Crippen molar-refractivity contribution in [1.82, 2.24) is 0 Å². The summed E-state index contributed by atoms with van der Waals surface area (Å²) in [5.41, 5.74) is 1.83. The molecule has 1 unspecified atom stereocenters. The molecule has 1 aliphatic carbocycles. The third kappa shape index (κ3) is 4.35. The summed E-state index contributed by atoms with van der Waals surface area (Å²) in [4.78, 5) is 1.46. The van der Waals surface area contributed by atoms with Gasteiger partial charge in [0.05, 0.1) is 0 Å². The van der Waals surface area contributed by atoms with E-state index < -0.39 is 0 Å². The van der Waals surface area contributed by atoms with Crippen molar-refractivity contribution in [3.8, 4) is 0 Å². The second-order valence-electron chi connectivity index (χ2n) is 7.25. The van der Waals surface area contributed by atoms with Gasteiger partial charge in [-0.1, -0.05) is 38.8 Å². The Kier molecular flexibility index (Phi) is 5.11. The molecule has 1 heterocycles. The van der Waals surface area contributed by atoms with Crippen LogP contribution in [0.15, 0.2) is 29.2 Å². The number of nitrogens with one attached hydrogen (secondary N) is 1. The number of benzene rings is 1. The Morgan fingerprint density at radius 1 is 1.19 bits per heavy atom. The van der Waals surface area contributed by atoms with E-state index in [2.05, 4.69) is 67.0 Å². The lowest BCUT2D eigenvalue weighted by Crippen LogP contribution is -2.35. The van der Waals surface area contributed by atoms with Gasteiger partial charge in [0.1, 0.15) is 0 Å². The third-order valence-corrected chi connectivity index (χ3v) is 7.49. The molecule has 0 spiro atoms. The fourth-order valence-electron chi connectivity index (χ4n) is 3.45. The van der Waals surface area contributed by atoms with E-state index in [4.69, 9.17) is 0 Å². The molecule has 0 bridgehead atoms. The Balaban J connectivity index is 1.67. The highest BCUT2D eigenvalue weighted by atomic mass is 32.2. The number of rotatable bonds is 4. The number of hydrogen-bond acceptors (Lipinski definition) is 3. The first-order chi connectivity index (χ1) is 10.1. The van der Waals surface area contributed by atoms with Crippen molar-refractivity contribution < 1.29 is 0 Å². The van der Waals surface area contributed by atoms with Crippen LogP contribution in [-0.2, 0) is 0 Å². The molecule has 1 atom stereocenters. The highest BCUT2D eigenvalue weighted by Crippen LogP contribution is 2.40. The van der Waals surface area contributed by atoms with Crippen molar-refractivity contribution in [2.45, 2.75) is 62.1 Å². The number of thioether (sulfide) groups is 2. The molecule has 3 rings (SSSR count). The standard InChI is InChI=1S/C18H27NS2/c1-18(2)11-14(12-20-13-18)19-16-9-5-6-10-17(16)21-15-7-3-4-8-15/h5-6,9-10,14-15,19H,3-4,7-8,11-13H2,1-2H3. The normalized spacial score (nSPS) is 25.9. The van der Waals surface area contributed by atoms with E-state index in [-0.39, 0.29) is 0 Å². The predicted molar refractivity (Wildman–Crippen MR) is 97.7 cm³/mol. The minimum atomic E-state index is 0.466. The molecule has 2 fully saturated rings. The van der Waals surface area contributed by atoms with Crippen molar-refractivity contribution in [2.24, 2.45) is 5.41 Å². The zero-order valence-electron chi connectivity index (χ0n) is 13.2. The van der Waals surface area contributed by atoms with E-state index in [1.807, 2.05) is 0 Å². The van der Waals surface area contributed by atoms with Crippen LogP contribution in [-0.4, -0.2) is 22.8 Å². The van der Waals surface area contributed by atoms with Gasteiger partial charge in [-0.05, 0) is 42.6 Å². The summed E-state index contributed by atoms with van der Waals surface area (Å²) in [6, 6.07) is 9.53. The molecule has 1 aliphatic heterocycles. The molecular weight excluding hydrogens is 294 g/mol. The first kappa shape index (κ1) is 15.6. The van der Waals surface area contributed by atoms with Gasteiger partial charge in [-0.3, -0.25) is 0 Å². The summed E-state index contributed by atoms with van der Waals surface area (Å²) in [5.74, 6) is 2.54. The summed E-state index contributed by atoms with van der Waals surface area (Å²) >= 11 is 4.20. The fraction of sp³-hybridized carbons (Fsp3) is 0.667. The van der Waals surface area contributed by atoms with Crippen LogP contribution in [0.1, 0.15) is 46.0 Å². The molecule has 3 heteroatoms. The lowest BCUT2D eigenvalue weighted by molar-refractivity contribution is 0.358. The van der Waals surface area contributed by atoms with Crippen LogP contribution in [0.25, 0.3) is 0 Å². The lowest BCUT2D eigenvalue weighted by Gasteiger charge is -2.36. The summed E-state index contributed by atoms with van der Waals surface area (Å²) < 4.78 is 0.